The van der Waals surface area contributed by atoms with Crippen LogP contribution >= 0.6 is 0 Å². The van der Waals surface area contributed by atoms with Gasteiger partial charge in [0.15, 0.2) is 0 Å². The van der Waals surface area contributed by atoms with Crippen molar-refractivity contribution in [1.82, 2.24) is 0 Å². The fourth-order valence-corrected chi connectivity index (χ4v) is 2.61. The van der Waals surface area contributed by atoms with E-state index in [0.29, 0.717) is 18.3 Å². The zero-order valence-corrected chi connectivity index (χ0v) is 12.6. The fraction of sp³-hybridized carbons (Fsp3) is 1.00. The van der Waals surface area contributed by atoms with Crippen molar-refractivity contribution in [3.8, 4) is 0 Å². The van der Waals surface area contributed by atoms with E-state index in [9.17, 15) is 0 Å². The summed E-state index contributed by atoms with van der Waals surface area (Å²) in [6.07, 6.45) is 13.0. The lowest BCUT2D eigenvalue weighted by Gasteiger charge is -2.15. The van der Waals surface area contributed by atoms with Crippen LogP contribution in [0.4, 0.5) is 0 Å². The molecule has 3 atom stereocenters. The summed E-state index contributed by atoms with van der Waals surface area (Å²) in [5.41, 5.74) is 0. The van der Waals surface area contributed by atoms with Gasteiger partial charge in [-0.2, -0.15) is 0 Å². The summed E-state index contributed by atoms with van der Waals surface area (Å²) in [5, 5.41) is 0. The number of rotatable bonds is 12. The van der Waals surface area contributed by atoms with Gasteiger partial charge in [-0.1, -0.05) is 52.4 Å². The van der Waals surface area contributed by atoms with Crippen LogP contribution in [0.15, 0.2) is 0 Å². The van der Waals surface area contributed by atoms with E-state index in [0.717, 1.165) is 13.0 Å². The minimum atomic E-state index is 0.431. The first kappa shape index (κ1) is 16.0. The molecule has 108 valence electrons. The van der Waals surface area contributed by atoms with Crippen LogP contribution in [0.5, 0.6) is 0 Å². The molecule has 0 aromatic heterocycles. The number of hydrogen-bond acceptors (Lipinski definition) is 2. The zero-order chi connectivity index (χ0) is 13.2. The highest BCUT2D eigenvalue weighted by molar-refractivity contribution is 4.87. The summed E-state index contributed by atoms with van der Waals surface area (Å²) in [6, 6.07) is 0. The van der Waals surface area contributed by atoms with Crippen LogP contribution in [0.3, 0.4) is 0 Å². The van der Waals surface area contributed by atoms with Crippen molar-refractivity contribution in [3.63, 3.8) is 0 Å². The molecule has 18 heavy (non-hydrogen) atoms. The van der Waals surface area contributed by atoms with Crippen LogP contribution in [-0.2, 0) is 9.47 Å². The number of hydrogen-bond donors (Lipinski definition) is 0. The first-order valence-electron chi connectivity index (χ1n) is 8.08. The maximum Gasteiger partial charge on any atom is 0.0866 e. The molecule has 1 aliphatic rings. The van der Waals surface area contributed by atoms with Gasteiger partial charge in [-0.3, -0.25) is 0 Å². The van der Waals surface area contributed by atoms with E-state index in [1.807, 2.05) is 0 Å². The lowest BCUT2D eigenvalue weighted by atomic mass is 10.0. The molecular weight excluding hydrogens is 224 g/mol. The van der Waals surface area contributed by atoms with E-state index in [2.05, 4.69) is 20.8 Å². The number of epoxide rings is 1. The van der Waals surface area contributed by atoms with Gasteiger partial charge in [0.05, 0.1) is 18.3 Å². The minimum Gasteiger partial charge on any atom is -0.378 e. The maximum atomic E-state index is 5.81. The van der Waals surface area contributed by atoms with Crippen LogP contribution in [0.25, 0.3) is 0 Å². The smallest absolute Gasteiger partial charge is 0.0866 e. The summed E-state index contributed by atoms with van der Waals surface area (Å²) >= 11 is 0. The second-order valence-corrected chi connectivity index (χ2v) is 5.52. The molecular formula is C16H32O2. The Morgan fingerprint density at radius 2 is 1.72 bits per heavy atom. The van der Waals surface area contributed by atoms with Crippen molar-refractivity contribution >= 4 is 0 Å². The summed E-state index contributed by atoms with van der Waals surface area (Å²) in [6.45, 7) is 7.43. The Labute approximate surface area is 113 Å². The third-order valence-electron chi connectivity index (χ3n) is 3.81. The molecule has 1 aliphatic heterocycles. The third kappa shape index (κ3) is 6.75. The zero-order valence-electron chi connectivity index (χ0n) is 12.6. The summed E-state index contributed by atoms with van der Waals surface area (Å²) in [7, 11) is 0. The lowest BCUT2D eigenvalue weighted by Crippen LogP contribution is -2.16. The van der Waals surface area contributed by atoms with Gasteiger partial charge in [-0.25, -0.2) is 0 Å². The van der Waals surface area contributed by atoms with E-state index in [4.69, 9.17) is 9.47 Å². The van der Waals surface area contributed by atoms with Gasteiger partial charge in [0.25, 0.3) is 0 Å². The monoisotopic (exact) mass is 256 g/mol. The molecule has 0 saturated carbocycles. The van der Waals surface area contributed by atoms with E-state index < -0.39 is 0 Å². The van der Waals surface area contributed by atoms with Crippen molar-refractivity contribution < 1.29 is 9.47 Å². The van der Waals surface area contributed by atoms with Gasteiger partial charge < -0.3 is 9.47 Å². The molecule has 1 saturated heterocycles. The molecule has 1 rings (SSSR count). The molecule has 3 unspecified atom stereocenters. The molecule has 1 heterocycles. The van der Waals surface area contributed by atoms with Gasteiger partial charge in [0.2, 0.25) is 0 Å². The van der Waals surface area contributed by atoms with Crippen LogP contribution in [0.2, 0.25) is 0 Å². The Hall–Kier alpha value is -0.0800. The lowest BCUT2D eigenvalue weighted by molar-refractivity contribution is 0.0438. The molecule has 0 bridgehead atoms. The number of ether oxygens (including phenoxy) is 2. The predicted octanol–water partition coefficient (Wildman–Crippen LogP) is 4.71. The first-order valence-corrected chi connectivity index (χ1v) is 8.08. The van der Waals surface area contributed by atoms with Crippen LogP contribution in [0.1, 0.15) is 78.6 Å². The van der Waals surface area contributed by atoms with Gasteiger partial charge >= 0.3 is 0 Å². The van der Waals surface area contributed by atoms with Crippen LogP contribution < -0.4 is 0 Å². The second kappa shape index (κ2) is 9.80. The highest BCUT2D eigenvalue weighted by atomic mass is 16.6. The Bertz CT molecular complexity index is 194. The molecule has 2 heteroatoms. The SMILES string of the molecule is CCCCCCC1OC1CC(CCCC)OCC. The van der Waals surface area contributed by atoms with E-state index in [1.165, 1.54) is 51.4 Å². The Kier molecular flexibility index (Phi) is 8.70. The molecule has 0 aromatic carbocycles. The largest absolute Gasteiger partial charge is 0.378 e. The van der Waals surface area contributed by atoms with E-state index >= 15 is 0 Å². The van der Waals surface area contributed by atoms with E-state index in [1.54, 1.807) is 0 Å². The van der Waals surface area contributed by atoms with Crippen molar-refractivity contribution in [3.05, 3.63) is 0 Å². The summed E-state index contributed by atoms with van der Waals surface area (Å²) < 4.78 is 11.6. The quantitative estimate of drug-likeness (QED) is 0.372. The Balaban J connectivity index is 2.06. The van der Waals surface area contributed by atoms with Gasteiger partial charge in [-0.05, 0) is 19.8 Å². The standard InChI is InChI=1S/C16H32O2/c1-4-7-9-10-12-15-16(18-15)13-14(17-6-3)11-8-5-2/h14-16H,4-13H2,1-3H3. The average Bonchev–Trinajstić information content (AvgIpc) is 3.10. The molecule has 0 spiro atoms. The summed E-state index contributed by atoms with van der Waals surface area (Å²) in [5.74, 6) is 0. The Morgan fingerprint density at radius 1 is 0.944 bits per heavy atom. The normalized spacial score (nSPS) is 24.2. The molecule has 0 radical (unpaired) electrons. The second-order valence-electron chi connectivity index (χ2n) is 5.52. The molecule has 0 N–H and O–H groups in total. The minimum absolute atomic E-state index is 0.431. The number of unbranched alkanes of at least 4 members (excludes halogenated alkanes) is 4. The van der Waals surface area contributed by atoms with Crippen LogP contribution in [-0.4, -0.2) is 24.9 Å². The highest BCUT2D eigenvalue weighted by Gasteiger charge is 2.39. The van der Waals surface area contributed by atoms with Gasteiger partial charge in [0, 0.05) is 13.0 Å². The van der Waals surface area contributed by atoms with Crippen LogP contribution in [0, 0.1) is 0 Å². The first-order chi connectivity index (χ1) is 8.81. The van der Waals surface area contributed by atoms with Gasteiger partial charge in [0.1, 0.15) is 0 Å². The molecule has 2 nitrogen and oxygen atoms in total. The topological polar surface area (TPSA) is 21.8 Å². The molecule has 1 fully saturated rings. The fourth-order valence-electron chi connectivity index (χ4n) is 2.61. The Morgan fingerprint density at radius 3 is 2.39 bits per heavy atom. The molecule has 0 aromatic rings. The molecule has 0 aliphatic carbocycles. The van der Waals surface area contributed by atoms with Crippen molar-refractivity contribution in [1.29, 1.82) is 0 Å². The molecule has 0 amide bonds. The van der Waals surface area contributed by atoms with Crippen molar-refractivity contribution in [2.45, 2.75) is 96.9 Å². The summed E-state index contributed by atoms with van der Waals surface area (Å²) in [4.78, 5) is 0. The van der Waals surface area contributed by atoms with Gasteiger partial charge in [-0.15, -0.1) is 0 Å². The highest BCUT2D eigenvalue weighted by Crippen LogP contribution is 2.32. The predicted molar refractivity (Wildman–Crippen MR) is 77.0 cm³/mol. The van der Waals surface area contributed by atoms with Crippen molar-refractivity contribution in [2.75, 3.05) is 6.61 Å². The van der Waals surface area contributed by atoms with Crippen molar-refractivity contribution in [2.24, 2.45) is 0 Å². The third-order valence-corrected chi connectivity index (χ3v) is 3.81. The average molecular weight is 256 g/mol. The van der Waals surface area contributed by atoms with E-state index in [-0.39, 0.29) is 0 Å². The maximum absolute atomic E-state index is 5.81.